The quantitative estimate of drug-likeness (QED) is 0.122. The summed E-state index contributed by atoms with van der Waals surface area (Å²) >= 11 is 0. The van der Waals surface area contributed by atoms with Crippen LogP contribution in [0.3, 0.4) is 0 Å². The first-order valence-electron chi connectivity index (χ1n) is 15.1. The van der Waals surface area contributed by atoms with Gasteiger partial charge in [-0.1, -0.05) is 0 Å². The number of carbonyl (C=O) groups is 2. The molecule has 0 fully saturated rings. The highest BCUT2D eigenvalue weighted by Gasteiger charge is 2.29. The minimum atomic E-state index is -5.19. The second-order valence-corrected chi connectivity index (χ2v) is 10.9. The van der Waals surface area contributed by atoms with Crippen LogP contribution in [0.5, 0.6) is 0 Å². The number of nitrogens with two attached hydrogens (primary N) is 2. The van der Waals surface area contributed by atoms with E-state index < -0.39 is 24.3 Å². The number of carboxylic acid groups (broad SMARTS) is 2. The highest BCUT2D eigenvalue weighted by molar-refractivity contribution is 5.92. The zero-order valence-electron chi connectivity index (χ0n) is 26.3. The van der Waals surface area contributed by atoms with Gasteiger partial charge in [-0.25, -0.2) is 0 Å². The van der Waals surface area contributed by atoms with Crippen molar-refractivity contribution in [2.24, 2.45) is 0 Å². The number of halogens is 6. The number of anilines is 4. The number of hydrogen-bond donors (Lipinski definition) is 4. The molecule has 0 aliphatic carbocycles. The highest BCUT2D eigenvalue weighted by Crippen LogP contribution is 2.25. The molecule has 0 spiro atoms. The second kappa shape index (κ2) is 17.9. The van der Waals surface area contributed by atoms with E-state index in [2.05, 4.69) is 68.6 Å². The molecule has 0 saturated carbocycles. The minimum Gasteiger partial charge on any atom is -0.542 e. The van der Waals surface area contributed by atoms with Crippen molar-refractivity contribution in [2.75, 3.05) is 35.2 Å². The van der Waals surface area contributed by atoms with Gasteiger partial charge in [0.15, 0.2) is 12.4 Å². The maximum absolute atomic E-state index is 10.5. The van der Waals surface area contributed by atoms with E-state index >= 15 is 0 Å². The number of benzene rings is 2. The van der Waals surface area contributed by atoms with E-state index in [1.54, 1.807) is 0 Å². The lowest BCUT2D eigenvalue weighted by Gasteiger charge is -2.12. The average molecular weight is 701 g/mol. The van der Waals surface area contributed by atoms with Crippen molar-refractivity contribution in [2.45, 2.75) is 64.0 Å². The molecule has 2 aromatic carbocycles. The van der Waals surface area contributed by atoms with Crippen LogP contribution in [0, 0.1) is 0 Å². The summed E-state index contributed by atoms with van der Waals surface area (Å²) in [4.78, 5) is 17.6. The van der Waals surface area contributed by atoms with Crippen LogP contribution in [-0.4, -0.2) is 42.9 Å². The SMILES string of the molecule is Nc1ccc2c(c1)c1cc[n+]2CCCCC[n+]2ccc(c3cc(N)ccc32)NCCCCCN1.O.O=C([O-])C(F)(F)F.O=C([O-])C(F)(F)F. The normalized spacial score (nSPS) is 14.2. The molecule has 4 aromatic rings. The third kappa shape index (κ3) is 12.2. The van der Waals surface area contributed by atoms with Crippen molar-refractivity contribution in [3.05, 3.63) is 60.9 Å². The van der Waals surface area contributed by atoms with Crippen molar-refractivity contribution in [1.29, 1.82) is 0 Å². The number of carboxylic acids is 2. The van der Waals surface area contributed by atoms with Crippen molar-refractivity contribution >= 4 is 56.5 Å². The topological polar surface area (TPSA) is 196 Å². The predicted molar refractivity (Wildman–Crippen MR) is 168 cm³/mol. The van der Waals surface area contributed by atoms with Crippen LogP contribution in [0.4, 0.5) is 49.1 Å². The molecule has 268 valence electrons. The number of aromatic nitrogens is 2. The van der Waals surface area contributed by atoms with E-state index in [0.717, 1.165) is 63.2 Å². The number of carbonyl (C=O) groups excluding carboxylic acids is 2. The number of aliphatic carboxylic acids is 2. The Bertz CT molecular complexity index is 1600. The summed E-state index contributed by atoms with van der Waals surface area (Å²) in [7, 11) is 0. The van der Waals surface area contributed by atoms with E-state index in [4.69, 9.17) is 31.3 Å². The first-order chi connectivity index (χ1) is 22.6. The molecule has 6 rings (SSSR count). The third-order valence-corrected chi connectivity index (χ3v) is 7.33. The Morgan fingerprint density at radius 1 is 0.612 bits per heavy atom. The molecule has 0 atom stereocenters. The van der Waals surface area contributed by atoms with Crippen LogP contribution >= 0.6 is 0 Å². The van der Waals surface area contributed by atoms with Crippen LogP contribution in [-0.2, 0) is 22.7 Å². The summed E-state index contributed by atoms with van der Waals surface area (Å²) in [6, 6.07) is 16.9. The van der Waals surface area contributed by atoms with Crippen LogP contribution in [0.15, 0.2) is 60.9 Å². The maximum atomic E-state index is 10.5. The first kappa shape index (κ1) is 40.1. The first-order valence-corrected chi connectivity index (χ1v) is 15.1. The summed E-state index contributed by atoms with van der Waals surface area (Å²) in [5.41, 5.74) is 18.7. The standard InChI is InChI=1S/C28H34N6.2C2HF3O2.H2O/c29-21-7-9-27-23(19-21)25-11-17-33(27)15-5-2-6-16-34-18-12-26(32-14-4-1-3-13-31-25)24-20-22(30)8-10-28(24)34;2*3-2(4,5)1(6)7;/h7-12,17-20H,1-6,13-16,29-30H2;2*(H,6,7);1H2. The van der Waals surface area contributed by atoms with Crippen molar-refractivity contribution in [3.8, 4) is 0 Å². The van der Waals surface area contributed by atoms with Gasteiger partial charge >= 0.3 is 12.4 Å². The highest BCUT2D eigenvalue weighted by atomic mass is 19.4. The van der Waals surface area contributed by atoms with Gasteiger partial charge in [-0.15, -0.1) is 0 Å². The lowest BCUT2D eigenvalue weighted by Crippen LogP contribution is -2.37. The Hall–Kier alpha value is -5.06. The summed E-state index contributed by atoms with van der Waals surface area (Å²) in [5.74, 6) is -6.01. The fraction of sp³-hybridized carbons (Fsp3) is 0.375. The molecule has 4 heterocycles. The molecule has 8 N–H and O–H groups in total. The van der Waals surface area contributed by atoms with Gasteiger partial charge in [0.2, 0.25) is 11.0 Å². The Labute approximate surface area is 277 Å². The number of nitrogen functional groups attached to an aromatic ring is 2. The lowest BCUT2D eigenvalue weighted by molar-refractivity contribution is -0.675. The van der Waals surface area contributed by atoms with E-state index in [1.165, 1.54) is 46.0 Å². The molecule has 0 radical (unpaired) electrons. The van der Waals surface area contributed by atoms with Crippen molar-refractivity contribution in [3.63, 3.8) is 0 Å². The number of fused-ring (bicyclic) bond motifs is 12. The third-order valence-electron chi connectivity index (χ3n) is 7.33. The molecule has 2 aliphatic rings. The summed E-state index contributed by atoms with van der Waals surface area (Å²) in [5, 5.41) is 27.3. The van der Waals surface area contributed by atoms with Gasteiger partial charge in [0.1, 0.15) is 25.0 Å². The fourth-order valence-electron chi connectivity index (χ4n) is 5.02. The number of aryl methyl sites for hydroxylation is 2. The molecule has 0 unspecified atom stereocenters. The van der Waals surface area contributed by atoms with Gasteiger partial charge in [0, 0.05) is 61.6 Å². The van der Waals surface area contributed by atoms with Gasteiger partial charge in [0.25, 0.3) is 0 Å². The van der Waals surface area contributed by atoms with Gasteiger partial charge < -0.3 is 47.4 Å². The minimum absolute atomic E-state index is 0. The van der Waals surface area contributed by atoms with Crippen LogP contribution in [0.25, 0.3) is 21.8 Å². The number of pyridine rings is 2. The Kier molecular flexibility index (Phi) is 14.7. The van der Waals surface area contributed by atoms with Crippen LogP contribution in [0.1, 0.15) is 38.5 Å². The smallest absolute Gasteiger partial charge is 0.430 e. The number of hydrogen-bond acceptors (Lipinski definition) is 8. The molecule has 2 aliphatic heterocycles. The number of nitrogens with zero attached hydrogens (tertiary/aromatic N) is 2. The van der Waals surface area contributed by atoms with Gasteiger partial charge in [-0.2, -0.15) is 35.5 Å². The van der Waals surface area contributed by atoms with Crippen LogP contribution < -0.4 is 41.4 Å². The molecule has 0 saturated heterocycles. The molecule has 11 nitrogen and oxygen atoms in total. The molecule has 4 bridgehead atoms. The monoisotopic (exact) mass is 700 g/mol. The largest absolute Gasteiger partial charge is 0.542 e. The molecule has 49 heavy (non-hydrogen) atoms. The molecule has 2 aromatic heterocycles. The number of rotatable bonds is 0. The summed E-state index contributed by atoms with van der Waals surface area (Å²) in [6.07, 6.45) is 0.922. The average Bonchev–Trinajstić information content (AvgIpc) is 3.00. The maximum Gasteiger partial charge on any atom is 0.430 e. The lowest BCUT2D eigenvalue weighted by atomic mass is 10.1. The molecular formula is C32H38F6N6O5. The van der Waals surface area contributed by atoms with Gasteiger partial charge in [0.05, 0.1) is 22.1 Å². The van der Waals surface area contributed by atoms with E-state index in [0.29, 0.717) is 0 Å². The van der Waals surface area contributed by atoms with E-state index in [1.807, 2.05) is 12.1 Å². The van der Waals surface area contributed by atoms with Crippen LogP contribution in [0.2, 0.25) is 0 Å². The number of alkyl halides is 6. The van der Waals surface area contributed by atoms with E-state index in [-0.39, 0.29) is 5.48 Å². The predicted octanol–water partition coefficient (Wildman–Crippen LogP) is 2.38. The Morgan fingerprint density at radius 3 is 1.31 bits per heavy atom. The van der Waals surface area contributed by atoms with E-state index in [9.17, 15) is 26.3 Å². The Balaban J connectivity index is 0.000000470. The summed E-state index contributed by atoms with van der Waals surface area (Å²) < 4.78 is 67.8. The fourth-order valence-corrected chi connectivity index (χ4v) is 5.02. The van der Waals surface area contributed by atoms with Crippen molar-refractivity contribution in [1.82, 2.24) is 0 Å². The summed E-state index contributed by atoms with van der Waals surface area (Å²) in [6.45, 7) is 3.93. The zero-order valence-corrected chi connectivity index (χ0v) is 26.3. The molecule has 17 heteroatoms. The molecule has 0 amide bonds. The molecular weight excluding hydrogens is 662 g/mol. The zero-order chi connectivity index (χ0) is 35.5. The van der Waals surface area contributed by atoms with Gasteiger partial charge in [-0.3, -0.25) is 0 Å². The Morgan fingerprint density at radius 2 is 0.959 bits per heavy atom. The van der Waals surface area contributed by atoms with Gasteiger partial charge in [-0.05, 0) is 49.9 Å². The van der Waals surface area contributed by atoms with Crippen molar-refractivity contribution < 1.29 is 60.8 Å². The second-order valence-electron chi connectivity index (χ2n) is 10.9. The number of nitrogens with one attached hydrogen (secondary N) is 2.